The number of rotatable bonds is 1. The van der Waals surface area contributed by atoms with E-state index in [4.69, 9.17) is 0 Å². The van der Waals surface area contributed by atoms with E-state index in [0.29, 0.717) is 0 Å². The number of nitrogens with one attached hydrogen (secondary N) is 1. The van der Waals surface area contributed by atoms with Crippen molar-refractivity contribution >= 4 is 17.2 Å². The maximum absolute atomic E-state index is 11.1. The normalized spacial score (nSPS) is 9.73. The van der Waals surface area contributed by atoms with Gasteiger partial charge in [0, 0.05) is 16.8 Å². The van der Waals surface area contributed by atoms with E-state index >= 15 is 0 Å². The summed E-state index contributed by atoms with van der Waals surface area (Å²) >= 11 is 1.65. The first-order chi connectivity index (χ1) is 5.15. The number of carbonyl (C=O) groups excluding carboxylic acids is 1. The average molecular weight is 169 g/mol. The van der Waals surface area contributed by atoms with Crippen LogP contribution in [0.4, 0.5) is 0 Å². The van der Waals surface area contributed by atoms with Crippen LogP contribution in [0.2, 0.25) is 0 Å². The first-order valence-corrected chi connectivity index (χ1v) is 4.26. The van der Waals surface area contributed by atoms with Crippen LogP contribution in [0, 0.1) is 13.8 Å². The Labute approximate surface area is 70.2 Å². The van der Waals surface area contributed by atoms with E-state index in [-0.39, 0.29) is 5.91 Å². The van der Waals surface area contributed by atoms with Crippen LogP contribution in [-0.4, -0.2) is 13.0 Å². The lowest BCUT2D eigenvalue weighted by molar-refractivity contribution is 0.0963. The largest absolute Gasteiger partial charge is 0.355 e. The molecule has 0 unspecified atom stereocenters. The zero-order chi connectivity index (χ0) is 8.43. The van der Waals surface area contributed by atoms with Crippen molar-refractivity contribution in [1.82, 2.24) is 5.32 Å². The highest BCUT2D eigenvalue weighted by Gasteiger charge is 2.08. The minimum atomic E-state index is 0.00634. The Morgan fingerprint density at radius 1 is 1.55 bits per heavy atom. The Balaban J connectivity index is 3.03. The highest BCUT2D eigenvalue weighted by atomic mass is 32.1. The highest BCUT2D eigenvalue weighted by molar-refractivity contribution is 7.12. The summed E-state index contributed by atoms with van der Waals surface area (Å²) in [5, 5.41) is 2.60. The van der Waals surface area contributed by atoms with Gasteiger partial charge in [-0.15, -0.1) is 11.3 Å². The maximum Gasteiger partial charge on any atom is 0.252 e. The molecule has 0 bridgehead atoms. The predicted octanol–water partition coefficient (Wildman–Crippen LogP) is 1.72. The van der Waals surface area contributed by atoms with E-state index in [9.17, 15) is 4.79 Å². The van der Waals surface area contributed by atoms with Crippen LogP contribution in [0.1, 0.15) is 20.1 Å². The minimum absolute atomic E-state index is 0.00634. The van der Waals surface area contributed by atoms with Gasteiger partial charge in [-0.1, -0.05) is 0 Å². The monoisotopic (exact) mass is 169 g/mol. The second kappa shape index (κ2) is 3.05. The summed E-state index contributed by atoms with van der Waals surface area (Å²) in [6, 6.07) is 1.92. The van der Waals surface area contributed by atoms with Gasteiger partial charge in [-0.3, -0.25) is 4.79 Å². The molecule has 0 aliphatic heterocycles. The molecule has 1 rings (SSSR count). The van der Waals surface area contributed by atoms with Gasteiger partial charge in [-0.05, 0) is 19.9 Å². The van der Waals surface area contributed by atoms with E-state index < -0.39 is 0 Å². The predicted molar refractivity (Wildman–Crippen MR) is 47.2 cm³/mol. The van der Waals surface area contributed by atoms with Crippen LogP contribution < -0.4 is 5.32 Å². The van der Waals surface area contributed by atoms with Crippen LogP contribution in [0.3, 0.4) is 0 Å². The van der Waals surface area contributed by atoms with Crippen molar-refractivity contribution in [3.63, 3.8) is 0 Å². The van der Waals surface area contributed by atoms with Gasteiger partial charge in [0.15, 0.2) is 0 Å². The number of carbonyl (C=O) groups is 1. The number of hydrogen-bond donors (Lipinski definition) is 1. The fourth-order valence-electron chi connectivity index (χ4n) is 0.991. The Morgan fingerprint density at radius 2 is 2.18 bits per heavy atom. The van der Waals surface area contributed by atoms with Gasteiger partial charge in [0.2, 0.25) is 0 Å². The van der Waals surface area contributed by atoms with E-state index in [1.165, 1.54) is 4.88 Å². The van der Waals surface area contributed by atoms with Gasteiger partial charge in [0.25, 0.3) is 5.91 Å². The molecule has 11 heavy (non-hydrogen) atoms. The molecule has 2 nitrogen and oxygen atoms in total. The van der Waals surface area contributed by atoms with Crippen LogP contribution >= 0.6 is 11.3 Å². The van der Waals surface area contributed by atoms with Crippen LogP contribution in [0.25, 0.3) is 0 Å². The summed E-state index contributed by atoms with van der Waals surface area (Å²) < 4.78 is 0. The molecule has 1 aromatic heterocycles. The topological polar surface area (TPSA) is 29.1 Å². The molecule has 0 aliphatic rings. The first kappa shape index (κ1) is 8.27. The lowest BCUT2D eigenvalue weighted by Crippen LogP contribution is -2.17. The lowest BCUT2D eigenvalue weighted by atomic mass is 10.2. The van der Waals surface area contributed by atoms with Crippen molar-refractivity contribution in [2.75, 3.05) is 7.05 Å². The molecule has 1 aromatic rings. The Hall–Kier alpha value is -0.830. The fourth-order valence-corrected chi connectivity index (χ4v) is 1.91. The Morgan fingerprint density at radius 3 is 2.55 bits per heavy atom. The average Bonchev–Trinajstić information content (AvgIpc) is 2.28. The molecule has 0 aromatic carbocycles. The van der Waals surface area contributed by atoms with Crippen LogP contribution in [0.5, 0.6) is 0 Å². The van der Waals surface area contributed by atoms with Crippen LogP contribution in [-0.2, 0) is 0 Å². The Kier molecular flexibility index (Phi) is 2.29. The molecule has 1 N–H and O–H groups in total. The molecule has 0 radical (unpaired) electrons. The summed E-state index contributed by atoms with van der Waals surface area (Å²) in [4.78, 5) is 13.4. The fraction of sp³-hybridized carbons (Fsp3) is 0.375. The van der Waals surface area contributed by atoms with Gasteiger partial charge >= 0.3 is 0 Å². The van der Waals surface area contributed by atoms with Gasteiger partial charge < -0.3 is 5.32 Å². The molecule has 60 valence electrons. The summed E-state index contributed by atoms with van der Waals surface area (Å²) in [5.74, 6) is 0.00634. The third-order valence-corrected chi connectivity index (χ3v) is 2.48. The lowest BCUT2D eigenvalue weighted by Gasteiger charge is -1.95. The van der Waals surface area contributed by atoms with Crippen molar-refractivity contribution in [2.45, 2.75) is 13.8 Å². The van der Waals surface area contributed by atoms with Crippen molar-refractivity contribution in [3.05, 3.63) is 21.4 Å². The smallest absolute Gasteiger partial charge is 0.252 e. The Bertz CT molecular complexity index is 278. The molecule has 1 amide bonds. The van der Waals surface area contributed by atoms with E-state index in [1.807, 2.05) is 19.9 Å². The zero-order valence-electron chi connectivity index (χ0n) is 6.89. The third-order valence-electron chi connectivity index (χ3n) is 1.51. The van der Waals surface area contributed by atoms with E-state index in [2.05, 4.69) is 5.32 Å². The SMILES string of the molecule is CNC(=O)c1cc(C)sc1C. The molecule has 0 saturated carbocycles. The van der Waals surface area contributed by atoms with Gasteiger partial charge in [-0.2, -0.15) is 0 Å². The summed E-state index contributed by atoms with van der Waals surface area (Å²) in [6.45, 7) is 3.96. The second-order valence-electron chi connectivity index (χ2n) is 2.41. The maximum atomic E-state index is 11.1. The summed E-state index contributed by atoms with van der Waals surface area (Å²) in [6.07, 6.45) is 0. The van der Waals surface area contributed by atoms with Crippen molar-refractivity contribution in [1.29, 1.82) is 0 Å². The molecular weight excluding hydrogens is 158 g/mol. The number of thiophene rings is 1. The van der Waals surface area contributed by atoms with Gasteiger partial charge in [-0.25, -0.2) is 0 Å². The molecule has 0 atom stereocenters. The van der Waals surface area contributed by atoms with Crippen molar-refractivity contribution in [2.24, 2.45) is 0 Å². The molecule has 0 saturated heterocycles. The summed E-state index contributed by atoms with van der Waals surface area (Å²) in [7, 11) is 1.65. The van der Waals surface area contributed by atoms with E-state index in [0.717, 1.165) is 10.4 Å². The number of amides is 1. The van der Waals surface area contributed by atoms with E-state index in [1.54, 1.807) is 18.4 Å². The number of aryl methyl sites for hydroxylation is 2. The third kappa shape index (κ3) is 1.60. The standard InChI is InChI=1S/C8H11NOS/c1-5-4-7(6(2)11-5)8(10)9-3/h4H,1-3H3,(H,9,10). The molecule has 0 fully saturated rings. The summed E-state index contributed by atoms with van der Waals surface area (Å²) in [5.41, 5.74) is 0.801. The molecular formula is C8H11NOS. The molecule has 0 aliphatic carbocycles. The quantitative estimate of drug-likeness (QED) is 0.681. The zero-order valence-corrected chi connectivity index (χ0v) is 7.71. The first-order valence-electron chi connectivity index (χ1n) is 3.44. The highest BCUT2D eigenvalue weighted by Crippen LogP contribution is 2.19. The molecule has 0 spiro atoms. The number of hydrogen-bond acceptors (Lipinski definition) is 2. The minimum Gasteiger partial charge on any atom is -0.355 e. The van der Waals surface area contributed by atoms with Crippen molar-refractivity contribution < 1.29 is 4.79 Å². The van der Waals surface area contributed by atoms with Gasteiger partial charge in [0.05, 0.1) is 5.56 Å². The van der Waals surface area contributed by atoms with Crippen LogP contribution in [0.15, 0.2) is 6.07 Å². The van der Waals surface area contributed by atoms with Gasteiger partial charge in [0.1, 0.15) is 0 Å². The second-order valence-corrected chi connectivity index (χ2v) is 3.87. The molecule has 1 heterocycles. The van der Waals surface area contributed by atoms with Crippen molar-refractivity contribution in [3.8, 4) is 0 Å². The molecule has 3 heteroatoms.